The standard InChI is InChI=1S/C11H19F3N2O3/c12-11(13,14)9-19-7-1-2-15-3-5-16(6-4-15)8-10(17)18/h1-9H2,(H,17,18). The Kier molecular flexibility index (Phi) is 6.53. The Bertz CT molecular complexity index is 279. The second kappa shape index (κ2) is 7.66. The van der Waals surface area contributed by atoms with Gasteiger partial charge in [0.2, 0.25) is 0 Å². The van der Waals surface area contributed by atoms with Crippen LogP contribution in [0.25, 0.3) is 0 Å². The highest BCUT2D eigenvalue weighted by Gasteiger charge is 2.27. The van der Waals surface area contributed by atoms with E-state index in [0.717, 1.165) is 13.1 Å². The third kappa shape index (κ3) is 8.02. The van der Waals surface area contributed by atoms with Gasteiger partial charge in [-0.25, -0.2) is 0 Å². The monoisotopic (exact) mass is 284 g/mol. The van der Waals surface area contributed by atoms with Crippen LogP contribution in [0.5, 0.6) is 0 Å². The zero-order valence-electron chi connectivity index (χ0n) is 10.7. The van der Waals surface area contributed by atoms with Gasteiger partial charge in [-0.3, -0.25) is 9.69 Å². The van der Waals surface area contributed by atoms with Crippen LogP contribution in [-0.2, 0) is 9.53 Å². The highest BCUT2D eigenvalue weighted by molar-refractivity contribution is 5.69. The van der Waals surface area contributed by atoms with Crippen molar-refractivity contribution in [3.05, 3.63) is 0 Å². The molecule has 1 heterocycles. The van der Waals surface area contributed by atoms with Crippen LogP contribution in [0.1, 0.15) is 6.42 Å². The molecule has 0 aromatic heterocycles. The van der Waals surface area contributed by atoms with Gasteiger partial charge in [0.15, 0.2) is 0 Å². The number of hydrogen-bond donors (Lipinski definition) is 1. The maximum absolute atomic E-state index is 11.8. The lowest BCUT2D eigenvalue weighted by atomic mass is 10.3. The quantitative estimate of drug-likeness (QED) is 0.696. The second-order valence-electron chi connectivity index (χ2n) is 4.53. The van der Waals surface area contributed by atoms with E-state index in [2.05, 4.69) is 9.64 Å². The number of carboxylic acids is 1. The molecule has 0 unspecified atom stereocenters. The van der Waals surface area contributed by atoms with Crippen molar-refractivity contribution in [1.82, 2.24) is 9.80 Å². The van der Waals surface area contributed by atoms with Crippen molar-refractivity contribution in [3.8, 4) is 0 Å². The summed E-state index contributed by atoms with van der Waals surface area (Å²) in [5.41, 5.74) is 0. The van der Waals surface area contributed by atoms with E-state index in [4.69, 9.17) is 5.11 Å². The van der Waals surface area contributed by atoms with Gasteiger partial charge in [0.1, 0.15) is 6.61 Å². The zero-order valence-corrected chi connectivity index (χ0v) is 10.7. The van der Waals surface area contributed by atoms with Crippen molar-refractivity contribution >= 4 is 5.97 Å². The van der Waals surface area contributed by atoms with Gasteiger partial charge < -0.3 is 14.7 Å². The number of ether oxygens (including phenoxy) is 1. The van der Waals surface area contributed by atoms with Crippen LogP contribution < -0.4 is 0 Å². The molecular weight excluding hydrogens is 265 g/mol. The van der Waals surface area contributed by atoms with E-state index in [1.54, 1.807) is 0 Å². The summed E-state index contributed by atoms with van der Waals surface area (Å²) in [6, 6.07) is 0. The normalized spacial score (nSPS) is 18.7. The van der Waals surface area contributed by atoms with Crippen LogP contribution in [0.15, 0.2) is 0 Å². The number of halogens is 3. The predicted molar refractivity (Wildman–Crippen MR) is 62.0 cm³/mol. The van der Waals surface area contributed by atoms with Crippen molar-refractivity contribution < 1.29 is 27.8 Å². The summed E-state index contributed by atoms with van der Waals surface area (Å²) in [5.74, 6) is -0.839. The summed E-state index contributed by atoms with van der Waals surface area (Å²) in [5, 5.41) is 8.63. The number of aliphatic carboxylic acids is 1. The Balaban J connectivity index is 2.02. The van der Waals surface area contributed by atoms with Crippen molar-refractivity contribution in [3.63, 3.8) is 0 Å². The second-order valence-corrected chi connectivity index (χ2v) is 4.53. The van der Waals surface area contributed by atoms with Crippen LogP contribution in [0, 0.1) is 0 Å². The lowest BCUT2D eigenvalue weighted by molar-refractivity contribution is -0.174. The largest absolute Gasteiger partial charge is 0.480 e. The summed E-state index contributed by atoms with van der Waals surface area (Å²) < 4.78 is 39.9. The maximum atomic E-state index is 11.8. The first kappa shape index (κ1) is 16.2. The highest BCUT2D eigenvalue weighted by atomic mass is 19.4. The molecule has 0 spiro atoms. The molecule has 1 fully saturated rings. The first-order valence-electron chi connectivity index (χ1n) is 6.18. The number of alkyl halides is 3. The SMILES string of the molecule is O=C(O)CN1CCN(CCCOCC(F)(F)F)CC1. The molecule has 1 saturated heterocycles. The van der Waals surface area contributed by atoms with Gasteiger partial charge in [-0.05, 0) is 6.42 Å². The fourth-order valence-corrected chi connectivity index (χ4v) is 1.94. The Morgan fingerprint density at radius 1 is 1.16 bits per heavy atom. The first-order valence-corrected chi connectivity index (χ1v) is 6.18. The third-order valence-corrected chi connectivity index (χ3v) is 2.85. The van der Waals surface area contributed by atoms with E-state index in [1.165, 1.54) is 0 Å². The lowest BCUT2D eigenvalue weighted by Crippen LogP contribution is -2.48. The summed E-state index contributed by atoms with van der Waals surface area (Å²) in [4.78, 5) is 14.5. The Morgan fingerprint density at radius 3 is 2.26 bits per heavy atom. The molecule has 0 saturated carbocycles. The van der Waals surface area contributed by atoms with Crippen molar-refractivity contribution in [2.45, 2.75) is 12.6 Å². The molecule has 0 amide bonds. The van der Waals surface area contributed by atoms with E-state index >= 15 is 0 Å². The van der Waals surface area contributed by atoms with Gasteiger partial charge in [-0.15, -0.1) is 0 Å². The van der Waals surface area contributed by atoms with Crippen molar-refractivity contribution in [1.29, 1.82) is 0 Å². The van der Waals surface area contributed by atoms with Crippen LogP contribution in [0.4, 0.5) is 13.2 Å². The maximum Gasteiger partial charge on any atom is 0.411 e. The van der Waals surface area contributed by atoms with Crippen molar-refractivity contribution in [2.75, 3.05) is 52.5 Å². The number of carboxylic acid groups (broad SMARTS) is 1. The Labute approximate surface area is 109 Å². The topological polar surface area (TPSA) is 53.0 Å². The molecule has 19 heavy (non-hydrogen) atoms. The van der Waals surface area contributed by atoms with Gasteiger partial charge in [-0.2, -0.15) is 13.2 Å². The minimum absolute atomic E-state index is 0.0442. The average molecular weight is 284 g/mol. The van der Waals surface area contributed by atoms with Crippen molar-refractivity contribution in [2.24, 2.45) is 0 Å². The molecule has 0 radical (unpaired) electrons. The molecule has 8 heteroatoms. The van der Waals surface area contributed by atoms with E-state index in [-0.39, 0.29) is 13.2 Å². The molecule has 0 aliphatic carbocycles. The van der Waals surface area contributed by atoms with Gasteiger partial charge >= 0.3 is 12.1 Å². The summed E-state index contributed by atoms with van der Waals surface area (Å²) in [6.07, 6.45) is -3.71. The number of hydrogen-bond acceptors (Lipinski definition) is 4. The van der Waals surface area contributed by atoms with E-state index in [1.807, 2.05) is 4.90 Å². The molecule has 1 rings (SSSR count). The fourth-order valence-electron chi connectivity index (χ4n) is 1.94. The molecule has 1 N–H and O–H groups in total. The molecule has 0 bridgehead atoms. The molecule has 0 atom stereocenters. The molecule has 1 aliphatic rings. The zero-order chi connectivity index (χ0) is 14.3. The summed E-state index contributed by atoms with van der Waals surface area (Å²) >= 11 is 0. The number of piperazine rings is 1. The van der Waals surface area contributed by atoms with Crippen LogP contribution in [0.2, 0.25) is 0 Å². The van der Waals surface area contributed by atoms with Crippen LogP contribution in [-0.4, -0.2) is 79.5 Å². The molecule has 0 aromatic rings. The lowest BCUT2D eigenvalue weighted by Gasteiger charge is -2.33. The smallest absolute Gasteiger partial charge is 0.411 e. The van der Waals surface area contributed by atoms with E-state index in [9.17, 15) is 18.0 Å². The number of carbonyl (C=O) groups is 1. The van der Waals surface area contributed by atoms with Gasteiger partial charge in [-0.1, -0.05) is 0 Å². The van der Waals surface area contributed by atoms with Gasteiger partial charge in [0, 0.05) is 39.3 Å². The molecular formula is C11H19F3N2O3. The molecule has 5 nitrogen and oxygen atoms in total. The van der Waals surface area contributed by atoms with E-state index in [0.29, 0.717) is 26.1 Å². The number of nitrogens with zero attached hydrogens (tertiary/aromatic N) is 2. The van der Waals surface area contributed by atoms with E-state index < -0.39 is 18.8 Å². The van der Waals surface area contributed by atoms with Gasteiger partial charge in [0.05, 0.1) is 6.54 Å². The highest BCUT2D eigenvalue weighted by Crippen LogP contribution is 2.14. The fraction of sp³-hybridized carbons (Fsp3) is 0.909. The molecule has 1 aliphatic heterocycles. The van der Waals surface area contributed by atoms with Crippen LogP contribution in [0.3, 0.4) is 0 Å². The predicted octanol–water partition coefficient (Wildman–Crippen LogP) is 0.658. The summed E-state index contributed by atoms with van der Waals surface area (Å²) in [6.45, 7) is 2.46. The van der Waals surface area contributed by atoms with Crippen LogP contribution >= 0.6 is 0 Å². The Morgan fingerprint density at radius 2 is 1.74 bits per heavy atom. The average Bonchev–Trinajstić information content (AvgIpc) is 2.28. The van der Waals surface area contributed by atoms with Gasteiger partial charge in [0.25, 0.3) is 0 Å². The Hall–Kier alpha value is -0.860. The molecule has 112 valence electrons. The number of rotatable bonds is 7. The third-order valence-electron chi connectivity index (χ3n) is 2.85. The minimum Gasteiger partial charge on any atom is -0.480 e. The molecule has 0 aromatic carbocycles. The first-order chi connectivity index (χ1) is 8.87. The summed E-state index contributed by atoms with van der Waals surface area (Å²) in [7, 11) is 0. The minimum atomic E-state index is -4.26.